The number of hydrogen-bond acceptors (Lipinski definition) is 3. The minimum absolute atomic E-state index is 0.104. The van der Waals surface area contributed by atoms with Crippen molar-refractivity contribution in [2.24, 2.45) is 11.8 Å². The number of benzene rings is 1. The molecule has 5 nitrogen and oxygen atoms in total. The standard InChI is InChI=1S/C30H47N3O2/c1-4-5-16-33-28(34)27(21-24-10-7-6-8-11-24)31-29(35)30(33)14-17-32(18-15-30)22-26-13-9-12-25(20-26)19-23(2)3/h9,12-13,20,23-24,27H,4-8,10-11,14-19,21-22H2,1-3H3,(H,31,35)/t27-/m0/s1. The Morgan fingerprint density at radius 3 is 2.46 bits per heavy atom. The van der Waals surface area contributed by atoms with Crippen LogP contribution in [0.5, 0.6) is 0 Å². The second-order valence-corrected chi connectivity index (χ2v) is 11.8. The lowest BCUT2D eigenvalue weighted by Crippen LogP contribution is -2.73. The largest absolute Gasteiger partial charge is 0.342 e. The zero-order chi connectivity index (χ0) is 24.8. The maximum atomic E-state index is 13.7. The van der Waals surface area contributed by atoms with Crippen molar-refractivity contribution in [2.45, 2.75) is 110 Å². The number of hydrogen-bond donors (Lipinski definition) is 1. The molecule has 4 rings (SSSR count). The Hall–Kier alpha value is -1.88. The molecule has 1 aromatic rings. The summed E-state index contributed by atoms with van der Waals surface area (Å²) in [5.41, 5.74) is 2.09. The molecule has 2 amide bonds. The first-order valence-electron chi connectivity index (χ1n) is 14.3. The molecule has 0 radical (unpaired) electrons. The van der Waals surface area contributed by atoms with Crippen molar-refractivity contribution >= 4 is 11.8 Å². The van der Waals surface area contributed by atoms with Gasteiger partial charge in [0, 0.05) is 26.2 Å². The van der Waals surface area contributed by atoms with Crippen molar-refractivity contribution in [2.75, 3.05) is 19.6 Å². The van der Waals surface area contributed by atoms with Crippen LogP contribution in [0.3, 0.4) is 0 Å². The Morgan fingerprint density at radius 1 is 1.06 bits per heavy atom. The SMILES string of the molecule is CCCCN1C(=O)[C@H](CC2CCCCC2)NC(=O)C12CCN(Cc1cccc(CC(C)C)c1)CC2. The monoisotopic (exact) mass is 481 g/mol. The Labute approximate surface area is 213 Å². The summed E-state index contributed by atoms with van der Waals surface area (Å²) in [5, 5.41) is 3.22. The molecule has 3 aliphatic rings. The molecule has 5 heteroatoms. The number of nitrogens with zero attached hydrogens (tertiary/aromatic N) is 2. The van der Waals surface area contributed by atoms with Crippen molar-refractivity contribution in [3.63, 3.8) is 0 Å². The summed E-state index contributed by atoms with van der Waals surface area (Å²) in [6.07, 6.45) is 11.6. The second-order valence-electron chi connectivity index (χ2n) is 11.8. The highest BCUT2D eigenvalue weighted by Gasteiger charge is 2.53. The highest BCUT2D eigenvalue weighted by Crippen LogP contribution is 2.36. The molecule has 1 spiro atoms. The number of carbonyl (C=O) groups is 2. The fraction of sp³-hybridized carbons (Fsp3) is 0.733. The molecular weight excluding hydrogens is 434 g/mol. The molecule has 2 aliphatic heterocycles. The van der Waals surface area contributed by atoms with Crippen LogP contribution in [0.2, 0.25) is 0 Å². The zero-order valence-electron chi connectivity index (χ0n) is 22.4. The quantitative estimate of drug-likeness (QED) is 0.520. The summed E-state index contributed by atoms with van der Waals surface area (Å²) in [6.45, 7) is 10.0. The van der Waals surface area contributed by atoms with E-state index in [9.17, 15) is 9.59 Å². The molecule has 1 saturated carbocycles. The zero-order valence-corrected chi connectivity index (χ0v) is 22.4. The summed E-state index contributed by atoms with van der Waals surface area (Å²) in [5.74, 6) is 1.51. The molecule has 1 atom stereocenters. The van der Waals surface area contributed by atoms with Gasteiger partial charge in [-0.3, -0.25) is 14.5 Å². The van der Waals surface area contributed by atoms with Crippen molar-refractivity contribution in [1.82, 2.24) is 15.1 Å². The van der Waals surface area contributed by atoms with E-state index in [0.717, 1.165) is 58.2 Å². The second kappa shape index (κ2) is 11.9. The van der Waals surface area contributed by atoms with Gasteiger partial charge in [-0.2, -0.15) is 0 Å². The first-order chi connectivity index (χ1) is 16.9. The highest BCUT2D eigenvalue weighted by molar-refractivity contribution is 6.00. The van der Waals surface area contributed by atoms with Crippen molar-refractivity contribution in [3.8, 4) is 0 Å². The fourth-order valence-corrected chi connectivity index (χ4v) is 6.59. The number of carbonyl (C=O) groups excluding carboxylic acids is 2. The average Bonchev–Trinajstić information content (AvgIpc) is 2.84. The first-order valence-corrected chi connectivity index (χ1v) is 14.3. The summed E-state index contributed by atoms with van der Waals surface area (Å²) in [4.78, 5) is 31.8. The van der Waals surface area contributed by atoms with Crippen LogP contribution in [0.1, 0.15) is 96.1 Å². The maximum absolute atomic E-state index is 13.7. The topological polar surface area (TPSA) is 52.7 Å². The van der Waals surface area contributed by atoms with Crippen molar-refractivity contribution in [1.29, 1.82) is 0 Å². The number of unbranched alkanes of at least 4 members (excludes halogenated alkanes) is 1. The molecule has 2 saturated heterocycles. The van der Waals surface area contributed by atoms with Crippen LogP contribution in [0.25, 0.3) is 0 Å². The minimum Gasteiger partial charge on any atom is -0.342 e. The number of piperidine rings is 1. The number of amides is 2. The number of likely N-dealkylation sites (tertiary alicyclic amines) is 1. The van der Waals surface area contributed by atoms with E-state index in [4.69, 9.17) is 0 Å². The van der Waals surface area contributed by atoms with Gasteiger partial charge in [0.05, 0.1) is 0 Å². The van der Waals surface area contributed by atoms with E-state index < -0.39 is 5.54 Å². The summed E-state index contributed by atoms with van der Waals surface area (Å²) < 4.78 is 0. The molecule has 0 unspecified atom stereocenters. The minimum atomic E-state index is -0.661. The van der Waals surface area contributed by atoms with E-state index in [1.165, 1.54) is 43.2 Å². The lowest BCUT2D eigenvalue weighted by molar-refractivity contribution is -0.162. The van der Waals surface area contributed by atoms with E-state index in [-0.39, 0.29) is 17.9 Å². The van der Waals surface area contributed by atoms with Gasteiger partial charge in [-0.15, -0.1) is 0 Å². The van der Waals surface area contributed by atoms with Gasteiger partial charge >= 0.3 is 0 Å². The Bertz CT molecular complexity index is 853. The van der Waals surface area contributed by atoms with Gasteiger partial charge in [0.25, 0.3) is 0 Å². The maximum Gasteiger partial charge on any atom is 0.246 e. The number of rotatable bonds is 9. The third-order valence-electron chi connectivity index (χ3n) is 8.56. The molecular formula is C30H47N3O2. The third kappa shape index (κ3) is 6.28. The van der Waals surface area contributed by atoms with Gasteiger partial charge in [-0.25, -0.2) is 0 Å². The van der Waals surface area contributed by atoms with Gasteiger partial charge in [0.1, 0.15) is 11.6 Å². The van der Waals surface area contributed by atoms with Crippen LogP contribution in [-0.2, 0) is 22.6 Å². The lowest BCUT2D eigenvalue weighted by atomic mass is 9.79. The van der Waals surface area contributed by atoms with E-state index in [2.05, 4.69) is 55.3 Å². The molecule has 194 valence electrons. The van der Waals surface area contributed by atoms with Crippen molar-refractivity contribution < 1.29 is 9.59 Å². The Morgan fingerprint density at radius 2 is 1.77 bits per heavy atom. The van der Waals surface area contributed by atoms with Gasteiger partial charge in [0.15, 0.2) is 0 Å². The molecule has 35 heavy (non-hydrogen) atoms. The van der Waals surface area contributed by atoms with Crippen LogP contribution in [-0.4, -0.2) is 52.8 Å². The fourth-order valence-electron chi connectivity index (χ4n) is 6.59. The predicted octanol–water partition coefficient (Wildman–Crippen LogP) is 5.32. The molecule has 3 fully saturated rings. The van der Waals surface area contributed by atoms with E-state index in [1.807, 2.05) is 4.90 Å². The molecule has 1 aromatic carbocycles. The summed E-state index contributed by atoms with van der Waals surface area (Å²) in [6, 6.07) is 8.63. The van der Waals surface area contributed by atoms with Crippen LogP contribution in [0.4, 0.5) is 0 Å². The van der Waals surface area contributed by atoms with Gasteiger partial charge < -0.3 is 10.2 Å². The third-order valence-corrected chi connectivity index (χ3v) is 8.56. The number of nitrogens with one attached hydrogen (secondary N) is 1. The lowest BCUT2D eigenvalue weighted by Gasteiger charge is -2.52. The number of piperazine rings is 1. The van der Waals surface area contributed by atoms with Crippen LogP contribution in [0.15, 0.2) is 24.3 Å². The normalized spacial score (nSPS) is 23.8. The molecule has 0 aromatic heterocycles. The van der Waals surface area contributed by atoms with E-state index in [1.54, 1.807) is 0 Å². The molecule has 1 N–H and O–H groups in total. The van der Waals surface area contributed by atoms with Gasteiger partial charge in [-0.1, -0.05) is 83.6 Å². The highest BCUT2D eigenvalue weighted by atomic mass is 16.2. The molecule has 2 heterocycles. The van der Waals surface area contributed by atoms with Crippen LogP contribution < -0.4 is 5.32 Å². The van der Waals surface area contributed by atoms with E-state index >= 15 is 0 Å². The Balaban J connectivity index is 1.42. The average molecular weight is 482 g/mol. The first kappa shape index (κ1) is 26.2. The van der Waals surface area contributed by atoms with Gasteiger partial charge in [-0.05, 0) is 55.1 Å². The van der Waals surface area contributed by atoms with Crippen molar-refractivity contribution in [3.05, 3.63) is 35.4 Å². The van der Waals surface area contributed by atoms with Crippen LogP contribution >= 0.6 is 0 Å². The molecule has 0 bridgehead atoms. The predicted molar refractivity (Wildman–Crippen MR) is 142 cm³/mol. The van der Waals surface area contributed by atoms with Gasteiger partial charge in [0.2, 0.25) is 11.8 Å². The summed E-state index contributed by atoms with van der Waals surface area (Å²) >= 11 is 0. The molecule has 1 aliphatic carbocycles. The van der Waals surface area contributed by atoms with Crippen LogP contribution in [0, 0.1) is 11.8 Å². The summed E-state index contributed by atoms with van der Waals surface area (Å²) in [7, 11) is 0. The van der Waals surface area contributed by atoms with E-state index in [0.29, 0.717) is 18.4 Å². The smallest absolute Gasteiger partial charge is 0.246 e. The Kier molecular flexibility index (Phi) is 8.91.